The van der Waals surface area contributed by atoms with Crippen LogP contribution in [0.3, 0.4) is 0 Å². The van der Waals surface area contributed by atoms with E-state index in [1.807, 2.05) is 54.1 Å². The normalized spacial score (nSPS) is 15.6. The number of hydrogen-bond donors (Lipinski definition) is 1. The van der Waals surface area contributed by atoms with Crippen LogP contribution in [0.1, 0.15) is 30.7 Å². The maximum atomic E-state index is 12.5. The number of thioether (sulfide) groups is 1. The van der Waals surface area contributed by atoms with Crippen LogP contribution in [0, 0.1) is 5.92 Å². The summed E-state index contributed by atoms with van der Waals surface area (Å²) >= 11 is 3.22. The zero-order valence-electron chi connectivity index (χ0n) is 17.5. The van der Waals surface area contributed by atoms with Crippen molar-refractivity contribution in [3.05, 3.63) is 40.1 Å². The molecule has 0 saturated carbocycles. The second-order valence-electron chi connectivity index (χ2n) is 7.53. The van der Waals surface area contributed by atoms with Crippen LogP contribution < -0.4 is 10.1 Å². The highest BCUT2D eigenvalue weighted by Gasteiger charge is 2.23. The third-order valence-corrected chi connectivity index (χ3v) is 7.34. The molecule has 0 aliphatic heterocycles. The molecule has 1 amide bonds. The van der Waals surface area contributed by atoms with Crippen molar-refractivity contribution in [3.8, 4) is 17.1 Å². The Balaban J connectivity index is 1.43. The first-order valence-electron chi connectivity index (χ1n) is 10.2. The number of aromatic nitrogens is 3. The molecule has 0 fully saturated rings. The highest BCUT2D eigenvalue weighted by Crippen LogP contribution is 2.38. The van der Waals surface area contributed by atoms with E-state index in [4.69, 9.17) is 4.74 Å². The molecule has 1 unspecified atom stereocenters. The Morgan fingerprint density at radius 2 is 2.20 bits per heavy atom. The Kier molecular flexibility index (Phi) is 6.43. The zero-order valence-corrected chi connectivity index (χ0v) is 19.1. The molecule has 3 aromatic rings. The fraction of sp³-hybridized carbons (Fsp3) is 0.409. The van der Waals surface area contributed by atoms with Gasteiger partial charge < -0.3 is 14.6 Å². The molecule has 1 atom stereocenters. The van der Waals surface area contributed by atoms with Crippen LogP contribution in [0.25, 0.3) is 11.4 Å². The van der Waals surface area contributed by atoms with E-state index in [9.17, 15) is 4.79 Å². The molecule has 1 aromatic carbocycles. The quantitative estimate of drug-likeness (QED) is 0.533. The molecule has 158 valence electrons. The first kappa shape index (κ1) is 20.9. The maximum Gasteiger partial charge on any atom is 0.234 e. The average Bonchev–Trinajstić information content (AvgIpc) is 3.30. The summed E-state index contributed by atoms with van der Waals surface area (Å²) in [7, 11) is 1.97. The molecule has 1 N–H and O–H groups in total. The maximum absolute atomic E-state index is 12.5. The first-order chi connectivity index (χ1) is 14.6. The fourth-order valence-corrected chi connectivity index (χ4v) is 5.66. The Morgan fingerprint density at radius 1 is 1.37 bits per heavy atom. The van der Waals surface area contributed by atoms with E-state index in [2.05, 4.69) is 27.8 Å². The minimum absolute atomic E-state index is 0.0985. The lowest BCUT2D eigenvalue weighted by Gasteiger charge is -2.18. The zero-order chi connectivity index (χ0) is 21.1. The van der Waals surface area contributed by atoms with Gasteiger partial charge in [0.05, 0.1) is 18.0 Å². The number of nitrogens with zero attached hydrogens (tertiary/aromatic N) is 3. The van der Waals surface area contributed by atoms with Gasteiger partial charge in [0.1, 0.15) is 5.75 Å². The first-order valence-corrected chi connectivity index (χ1v) is 12.1. The number of benzene rings is 1. The van der Waals surface area contributed by atoms with E-state index in [-0.39, 0.29) is 11.7 Å². The Bertz CT molecular complexity index is 1040. The number of thiophene rings is 1. The van der Waals surface area contributed by atoms with E-state index in [1.165, 1.54) is 34.2 Å². The van der Waals surface area contributed by atoms with Crippen molar-refractivity contribution in [2.75, 3.05) is 17.7 Å². The molecule has 0 radical (unpaired) electrons. The van der Waals surface area contributed by atoms with E-state index in [0.717, 1.165) is 29.7 Å². The summed E-state index contributed by atoms with van der Waals surface area (Å²) in [6.07, 6.45) is 3.48. The lowest BCUT2D eigenvalue weighted by molar-refractivity contribution is -0.113. The predicted molar refractivity (Wildman–Crippen MR) is 122 cm³/mol. The minimum atomic E-state index is -0.0985. The molecule has 0 bridgehead atoms. The lowest BCUT2D eigenvalue weighted by Crippen LogP contribution is -2.15. The summed E-state index contributed by atoms with van der Waals surface area (Å²) in [5.41, 5.74) is 3.30. The van der Waals surface area contributed by atoms with E-state index >= 15 is 0 Å². The van der Waals surface area contributed by atoms with Crippen molar-refractivity contribution < 1.29 is 9.53 Å². The van der Waals surface area contributed by atoms with Gasteiger partial charge in [-0.1, -0.05) is 30.8 Å². The third kappa shape index (κ3) is 4.39. The number of rotatable bonds is 7. The minimum Gasteiger partial charge on any atom is -0.492 e. The second-order valence-corrected chi connectivity index (χ2v) is 9.44. The van der Waals surface area contributed by atoms with E-state index < -0.39 is 0 Å². The van der Waals surface area contributed by atoms with Gasteiger partial charge in [-0.2, -0.15) is 0 Å². The summed E-state index contributed by atoms with van der Waals surface area (Å²) in [5.74, 6) is 2.47. The summed E-state index contributed by atoms with van der Waals surface area (Å²) in [6, 6.07) is 7.46. The van der Waals surface area contributed by atoms with Gasteiger partial charge in [-0.25, -0.2) is 0 Å². The molecule has 4 rings (SSSR count). The number of amides is 1. The van der Waals surface area contributed by atoms with Gasteiger partial charge in [-0.3, -0.25) is 4.79 Å². The number of anilines is 1. The van der Waals surface area contributed by atoms with Crippen LogP contribution in [0.2, 0.25) is 0 Å². The lowest BCUT2D eigenvalue weighted by atomic mass is 9.88. The highest BCUT2D eigenvalue weighted by molar-refractivity contribution is 7.99. The van der Waals surface area contributed by atoms with Gasteiger partial charge in [0.15, 0.2) is 11.0 Å². The van der Waals surface area contributed by atoms with Gasteiger partial charge in [-0.15, -0.1) is 21.5 Å². The number of hydrogen-bond acceptors (Lipinski definition) is 6. The molecule has 1 aliphatic rings. The van der Waals surface area contributed by atoms with Crippen LogP contribution in [0.4, 0.5) is 5.69 Å². The SMILES string of the molecule is CCOc1ccccc1NC(=O)CSc1nnc(-c2csc3c2CCC(C)C3)n1C. The Morgan fingerprint density at radius 3 is 3.03 bits per heavy atom. The van der Waals surface area contributed by atoms with Gasteiger partial charge in [0, 0.05) is 22.9 Å². The number of nitrogens with one attached hydrogen (secondary N) is 1. The molecule has 6 nitrogen and oxygen atoms in total. The van der Waals surface area contributed by atoms with Crippen molar-refractivity contribution in [2.45, 2.75) is 38.3 Å². The van der Waals surface area contributed by atoms with E-state index in [0.29, 0.717) is 18.0 Å². The topological polar surface area (TPSA) is 69.0 Å². The van der Waals surface area contributed by atoms with Gasteiger partial charge >= 0.3 is 0 Å². The Hall–Kier alpha value is -2.32. The van der Waals surface area contributed by atoms with Gasteiger partial charge in [0.25, 0.3) is 0 Å². The van der Waals surface area contributed by atoms with Crippen LogP contribution in [-0.2, 0) is 24.7 Å². The molecule has 2 aromatic heterocycles. The smallest absolute Gasteiger partial charge is 0.234 e. The van der Waals surface area contributed by atoms with Gasteiger partial charge in [-0.05, 0) is 49.8 Å². The molecular weight excluding hydrogens is 416 g/mol. The monoisotopic (exact) mass is 442 g/mol. The molecule has 0 saturated heterocycles. The van der Waals surface area contributed by atoms with Crippen LogP contribution >= 0.6 is 23.1 Å². The molecule has 1 aliphatic carbocycles. The molecule has 30 heavy (non-hydrogen) atoms. The van der Waals surface area contributed by atoms with Gasteiger partial charge in [0.2, 0.25) is 5.91 Å². The molecular formula is C22H26N4O2S2. The van der Waals surface area contributed by atoms with Crippen molar-refractivity contribution in [1.29, 1.82) is 0 Å². The fourth-order valence-electron chi connectivity index (χ4n) is 3.71. The summed E-state index contributed by atoms with van der Waals surface area (Å²) in [5, 5.41) is 14.6. The van der Waals surface area contributed by atoms with Crippen molar-refractivity contribution in [1.82, 2.24) is 14.8 Å². The molecule has 8 heteroatoms. The number of carbonyl (C=O) groups is 1. The molecule has 2 heterocycles. The van der Waals surface area contributed by atoms with Crippen LogP contribution in [0.5, 0.6) is 5.75 Å². The predicted octanol–water partition coefficient (Wildman–Crippen LogP) is 4.80. The van der Waals surface area contributed by atoms with Crippen LogP contribution in [-0.4, -0.2) is 33.0 Å². The second kappa shape index (κ2) is 9.22. The summed E-state index contributed by atoms with van der Waals surface area (Å²) in [4.78, 5) is 13.9. The van der Waals surface area contributed by atoms with Crippen molar-refractivity contribution >= 4 is 34.7 Å². The number of carbonyl (C=O) groups excluding carboxylic acids is 1. The van der Waals surface area contributed by atoms with Crippen molar-refractivity contribution in [3.63, 3.8) is 0 Å². The summed E-state index contributed by atoms with van der Waals surface area (Å²) < 4.78 is 7.56. The van der Waals surface area contributed by atoms with Crippen LogP contribution in [0.15, 0.2) is 34.8 Å². The summed E-state index contributed by atoms with van der Waals surface area (Å²) in [6.45, 7) is 4.79. The number of ether oxygens (including phenoxy) is 1. The number of para-hydroxylation sites is 2. The Labute approximate surface area is 185 Å². The molecule has 0 spiro atoms. The average molecular weight is 443 g/mol. The largest absolute Gasteiger partial charge is 0.492 e. The number of fused-ring (bicyclic) bond motifs is 1. The van der Waals surface area contributed by atoms with Crippen molar-refractivity contribution in [2.24, 2.45) is 13.0 Å². The third-order valence-electron chi connectivity index (χ3n) is 5.27. The van der Waals surface area contributed by atoms with E-state index in [1.54, 1.807) is 0 Å². The standard InChI is InChI=1S/C22H26N4O2S2/c1-4-28-18-8-6-5-7-17(18)23-20(27)13-30-22-25-24-21(26(22)3)16-12-29-19-11-14(2)9-10-15(16)19/h5-8,12,14H,4,9-11,13H2,1-3H3,(H,23,27). The highest BCUT2D eigenvalue weighted by atomic mass is 32.2.